The van der Waals surface area contributed by atoms with Gasteiger partial charge in [0.1, 0.15) is 17.4 Å². The van der Waals surface area contributed by atoms with E-state index in [2.05, 4.69) is 6.07 Å². The lowest BCUT2D eigenvalue weighted by molar-refractivity contribution is -0.384. The van der Waals surface area contributed by atoms with Crippen molar-refractivity contribution < 1.29 is 9.66 Å². The molecular formula is C15H13N3O3S. The zero-order valence-corrected chi connectivity index (χ0v) is 12.4. The second kappa shape index (κ2) is 5.73. The molecule has 1 unspecified atom stereocenters. The molecule has 0 fully saturated rings. The Hall–Kier alpha value is -2.46. The fraction of sp³-hybridized carbons (Fsp3) is 0.267. The number of hydrogen-bond acceptors (Lipinski definition) is 6. The van der Waals surface area contributed by atoms with E-state index in [0.29, 0.717) is 5.57 Å². The molecule has 2 aliphatic rings. The first-order chi connectivity index (χ1) is 10.6. The van der Waals surface area contributed by atoms with Gasteiger partial charge in [0.25, 0.3) is 5.69 Å². The highest BCUT2D eigenvalue weighted by Gasteiger charge is 2.34. The van der Waals surface area contributed by atoms with Crippen LogP contribution < -0.4 is 5.73 Å². The summed E-state index contributed by atoms with van der Waals surface area (Å²) in [4.78, 5) is 10.3. The summed E-state index contributed by atoms with van der Waals surface area (Å²) in [6, 6.07) is 8.39. The first kappa shape index (κ1) is 14.5. The largest absolute Gasteiger partial charge is 0.445 e. The van der Waals surface area contributed by atoms with Crippen molar-refractivity contribution in [1.29, 1.82) is 5.26 Å². The highest BCUT2D eigenvalue weighted by molar-refractivity contribution is 7.99. The number of benzene rings is 1. The summed E-state index contributed by atoms with van der Waals surface area (Å²) < 4.78 is 5.60. The fourth-order valence-corrected chi connectivity index (χ4v) is 3.75. The highest BCUT2D eigenvalue weighted by atomic mass is 32.2. The second-order valence-corrected chi connectivity index (χ2v) is 6.13. The Kier molecular flexibility index (Phi) is 3.77. The van der Waals surface area contributed by atoms with E-state index in [1.165, 1.54) is 12.1 Å². The topological polar surface area (TPSA) is 102 Å². The van der Waals surface area contributed by atoms with E-state index < -0.39 is 4.92 Å². The molecule has 0 saturated carbocycles. The maximum absolute atomic E-state index is 10.8. The third-order valence-electron chi connectivity index (χ3n) is 3.78. The van der Waals surface area contributed by atoms with Gasteiger partial charge in [0.05, 0.1) is 4.92 Å². The van der Waals surface area contributed by atoms with E-state index in [9.17, 15) is 15.4 Å². The van der Waals surface area contributed by atoms with Crippen LogP contribution in [-0.4, -0.2) is 16.4 Å². The summed E-state index contributed by atoms with van der Waals surface area (Å²) in [6.45, 7) is 0. The zero-order chi connectivity index (χ0) is 15.7. The van der Waals surface area contributed by atoms with Crippen molar-refractivity contribution in [3.05, 3.63) is 62.7 Å². The first-order valence-corrected chi connectivity index (χ1v) is 7.89. The number of allylic oxidation sites excluding steroid dienone is 2. The van der Waals surface area contributed by atoms with Crippen LogP contribution in [0.2, 0.25) is 0 Å². The number of rotatable bonds is 2. The summed E-state index contributed by atoms with van der Waals surface area (Å²) in [5.74, 6) is 2.42. The van der Waals surface area contributed by atoms with E-state index in [0.717, 1.165) is 34.8 Å². The van der Waals surface area contributed by atoms with Gasteiger partial charge in [0.15, 0.2) is 0 Å². The van der Waals surface area contributed by atoms with Crippen molar-refractivity contribution >= 4 is 17.4 Å². The van der Waals surface area contributed by atoms with Gasteiger partial charge < -0.3 is 10.5 Å². The van der Waals surface area contributed by atoms with E-state index in [-0.39, 0.29) is 17.5 Å². The molecule has 0 spiro atoms. The van der Waals surface area contributed by atoms with Gasteiger partial charge in [-0.05, 0) is 11.1 Å². The van der Waals surface area contributed by atoms with Gasteiger partial charge >= 0.3 is 0 Å². The molecule has 1 aromatic carbocycles. The fourth-order valence-electron chi connectivity index (χ4n) is 2.73. The molecule has 0 amide bonds. The summed E-state index contributed by atoms with van der Waals surface area (Å²) >= 11 is 1.78. The van der Waals surface area contributed by atoms with Gasteiger partial charge in [0, 0.05) is 36.0 Å². The van der Waals surface area contributed by atoms with Gasteiger partial charge in [-0.1, -0.05) is 12.1 Å². The second-order valence-electron chi connectivity index (χ2n) is 5.02. The number of non-ortho nitro benzene ring substituents is 1. The van der Waals surface area contributed by atoms with Crippen molar-refractivity contribution in [1.82, 2.24) is 0 Å². The van der Waals surface area contributed by atoms with E-state index >= 15 is 0 Å². The number of hydrogen-bond donors (Lipinski definition) is 1. The number of nitrogens with two attached hydrogens (primary N) is 1. The summed E-state index contributed by atoms with van der Waals surface area (Å²) in [5, 5.41) is 20.2. The van der Waals surface area contributed by atoms with Crippen molar-refractivity contribution in [2.24, 2.45) is 5.73 Å². The first-order valence-electron chi connectivity index (χ1n) is 6.73. The Morgan fingerprint density at radius 2 is 2.14 bits per heavy atom. The van der Waals surface area contributed by atoms with E-state index in [1.54, 1.807) is 23.9 Å². The van der Waals surface area contributed by atoms with Crippen LogP contribution in [0.5, 0.6) is 0 Å². The van der Waals surface area contributed by atoms with Crippen LogP contribution in [0.3, 0.4) is 0 Å². The molecule has 0 saturated heterocycles. The van der Waals surface area contributed by atoms with Gasteiger partial charge in [-0.3, -0.25) is 10.1 Å². The Balaban J connectivity index is 2.07. The molecule has 112 valence electrons. The molecule has 6 nitrogen and oxygen atoms in total. The van der Waals surface area contributed by atoms with Gasteiger partial charge in [0.2, 0.25) is 5.88 Å². The molecule has 0 radical (unpaired) electrons. The van der Waals surface area contributed by atoms with Crippen LogP contribution in [0.4, 0.5) is 5.69 Å². The number of nitro benzene ring substituents is 1. The van der Waals surface area contributed by atoms with Crippen LogP contribution in [0.15, 0.2) is 47.1 Å². The lowest BCUT2D eigenvalue weighted by Crippen LogP contribution is -2.24. The average molecular weight is 315 g/mol. The van der Waals surface area contributed by atoms with Gasteiger partial charge in [-0.15, -0.1) is 0 Å². The predicted octanol–water partition coefficient (Wildman–Crippen LogP) is 2.79. The molecule has 0 aliphatic carbocycles. The number of nitro groups is 1. The highest BCUT2D eigenvalue weighted by Crippen LogP contribution is 2.43. The summed E-state index contributed by atoms with van der Waals surface area (Å²) in [5.41, 5.74) is 8.15. The third-order valence-corrected chi connectivity index (χ3v) is 4.79. The molecule has 0 bridgehead atoms. The standard InChI is InChI=1S/C15H13N3O3S/c16-7-11-14(9-1-3-10(4-2-9)18(19)20)12-8-22-6-5-13(12)21-15(11)17/h1-4,14H,5-6,8,17H2. The Labute approximate surface area is 131 Å². The average Bonchev–Trinajstić information content (AvgIpc) is 2.53. The molecule has 22 heavy (non-hydrogen) atoms. The number of nitrogens with zero attached hydrogens (tertiary/aromatic N) is 2. The smallest absolute Gasteiger partial charge is 0.269 e. The molecule has 2 N–H and O–H groups in total. The van der Waals surface area contributed by atoms with Gasteiger partial charge in [-0.2, -0.15) is 17.0 Å². The van der Waals surface area contributed by atoms with Crippen LogP contribution in [0, 0.1) is 21.4 Å². The molecule has 2 heterocycles. The minimum Gasteiger partial charge on any atom is -0.445 e. The lowest BCUT2D eigenvalue weighted by atomic mass is 9.83. The zero-order valence-electron chi connectivity index (χ0n) is 11.6. The number of nitriles is 1. The SMILES string of the molecule is N#CC1=C(N)OC2=C(CSCC2)C1c1ccc([N+](=O)[O-])cc1. The normalized spacial score (nSPS) is 21.0. The maximum Gasteiger partial charge on any atom is 0.269 e. The Morgan fingerprint density at radius 1 is 1.41 bits per heavy atom. The van der Waals surface area contributed by atoms with Crippen molar-refractivity contribution in [2.45, 2.75) is 12.3 Å². The summed E-state index contributed by atoms with van der Waals surface area (Å²) in [7, 11) is 0. The minimum absolute atomic E-state index is 0.0264. The Morgan fingerprint density at radius 3 is 2.77 bits per heavy atom. The van der Waals surface area contributed by atoms with Gasteiger partial charge in [-0.25, -0.2) is 0 Å². The van der Waals surface area contributed by atoms with Crippen molar-refractivity contribution in [3.8, 4) is 6.07 Å². The predicted molar refractivity (Wildman–Crippen MR) is 82.7 cm³/mol. The lowest BCUT2D eigenvalue weighted by Gasteiger charge is -2.31. The van der Waals surface area contributed by atoms with Crippen LogP contribution in [0.25, 0.3) is 0 Å². The Bertz CT molecular complexity index is 731. The number of thioether (sulfide) groups is 1. The number of ether oxygens (including phenoxy) is 1. The molecule has 2 aliphatic heterocycles. The molecule has 1 aromatic rings. The molecule has 3 rings (SSSR count). The van der Waals surface area contributed by atoms with E-state index in [4.69, 9.17) is 10.5 Å². The van der Waals surface area contributed by atoms with Crippen molar-refractivity contribution in [2.75, 3.05) is 11.5 Å². The molecule has 1 atom stereocenters. The van der Waals surface area contributed by atoms with Crippen LogP contribution in [0.1, 0.15) is 17.9 Å². The molecule has 0 aromatic heterocycles. The molecular weight excluding hydrogens is 302 g/mol. The van der Waals surface area contributed by atoms with Crippen LogP contribution >= 0.6 is 11.8 Å². The van der Waals surface area contributed by atoms with Crippen LogP contribution in [-0.2, 0) is 4.74 Å². The maximum atomic E-state index is 10.8. The minimum atomic E-state index is -0.440. The third kappa shape index (κ3) is 2.42. The van der Waals surface area contributed by atoms with Crippen molar-refractivity contribution in [3.63, 3.8) is 0 Å². The quantitative estimate of drug-likeness (QED) is 0.665. The molecule has 7 heteroatoms. The monoisotopic (exact) mass is 315 g/mol. The summed E-state index contributed by atoms with van der Waals surface area (Å²) in [6.07, 6.45) is 0.781. The van der Waals surface area contributed by atoms with E-state index in [1.807, 2.05) is 0 Å².